The molecule has 138 valence electrons. The quantitative estimate of drug-likeness (QED) is 0.726. The predicted octanol–water partition coefficient (Wildman–Crippen LogP) is 2.37. The average Bonchev–Trinajstić information content (AvgIpc) is 2.68. The Morgan fingerprint density at radius 1 is 1.15 bits per heavy atom. The number of carbonyl (C=O) groups is 1. The zero-order valence-corrected chi connectivity index (χ0v) is 14.7. The third-order valence-corrected chi connectivity index (χ3v) is 3.95. The molecule has 0 bridgehead atoms. The lowest BCUT2D eigenvalue weighted by molar-refractivity contribution is 0.0943. The number of aromatic nitrogens is 2. The number of hydrogen-bond acceptors (Lipinski definition) is 4. The van der Waals surface area contributed by atoms with Crippen LogP contribution in [0.5, 0.6) is 5.75 Å². The Morgan fingerprint density at radius 2 is 1.96 bits per heavy atom. The van der Waals surface area contributed by atoms with Crippen LogP contribution in [-0.4, -0.2) is 22.8 Å². The number of amides is 1. The Hall–Kier alpha value is -3.48. The number of nitrogens with one attached hydrogen (secondary N) is 1. The summed E-state index contributed by atoms with van der Waals surface area (Å²) in [6, 6.07) is 15.9. The Kier molecular flexibility index (Phi) is 5.61. The fourth-order valence-electron chi connectivity index (χ4n) is 2.61. The fourth-order valence-corrected chi connectivity index (χ4v) is 2.61. The van der Waals surface area contributed by atoms with Crippen LogP contribution >= 0.6 is 0 Å². The van der Waals surface area contributed by atoms with Gasteiger partial charge >= 0.3 is 0 Å². The minimum absolute atomic E-state index is 0.0736. The second-order valence-corrected chi connectivity index (χ2v) is 5.84. The van der Waals surface area contributed by atoms with E-state index in [1.807, 2.05) is 18.2 Å². The molecule has 0 aliphatic carbocycles. The molecule has 0 aliphatic heterocycles. The number of halogens is 1. The summed E-state index contributed by atoms with van der Waals surface area (Å²) in [6.45, 7) is 0.331. The lowest BCUT2D eigenvalue weighted by Gasteiger charge is -2.10. The predicted molar refractivity (Wildman–Crippen MR) is 98.2 cm³/mol. The molecule has 0 saturated carbocycles. The van der Waals surface area contributed by atoms with E-state index in [0.717, 1.165) is 10.2 Å². The van der Waals surface area contributed by atoms with Gasteiger partial charge in [0.05, 0.1) is 13.7 Å². The van der Waals surface area contributed by atoms with Gasteiger partial charge in [0, 0.05) is 18.2 Å². The summed E-state index contributed by atoms with van der Waals surface area (Å²) in [4.78, 5) is 24.4. The first kappa shape index (κ1) is 18.3. The van der Waals surface area contributed by atoms with E-state index >= 15 is 0 Å². The van der Waals surface area contributed by atoms with E-state index < -0.39 is 11.7 Å². The van der Waals surface area contributed by atoms with Crippen LogP contribution in [0.4, 0.5) is 4.39 Å². The summed E-state index contributed by atoms with van der Waals surface area (Å²) in [5.74, 6) is -0.151. The Labute approximate surface area is 155 Å². The van der Waals surface area contributed by atoms with Gasteiger partial charge in [-0.3, -0.25) is 9.59 Å². The lowest BCUT2D eigenvalue weighted by atomic mass is 10.2. The zero-order valence-electron chi connectivity index (χ0n) is 14.7. The molecule has 0 saturated heterocycles. The van der Waals surface area contributed by atoms with Crippen molar-refractivity contribution in [3.8, 4) is 5.75 Å². The van der Waals surface area contributed by atoms with Gasteiger partial charge < -0.3 is 10.1 Å². The second-order valence-electron chi connectivity index (χ2n) is 5.84. The topological polar surface area (TPSA) is 73.2 Å². The van der Waals surface area contributed by atoms with Crippen molar-refractivity contribution < 1.29 is 13.9 Å². The van der Waals surface area contributed by atoms with E-state index in [1.54, 1.807) is 25.3 Å². The van der Waals surface area contributed by atoms with E-state index in [2.05, 4.69) is 10.4 Å². The van der Waals surface area contributed by atoms with E-state index in [1.165, 1.54) is 24.3 Å². The van der Waals surface area contributed by atoms with Crippen molar-refractivity contribution >= 4 is 5.91 Å². The van der Waals surface area contributed by atoms with Crippen molar-refractivity contribution in [2.75, 3.05) is 7.11 Å². The monoisotopic (exact) mass is 367 g/mol. The van der Waals surface area contributed by atoms with Crippen LogP contribution in [-0.2, 0) is 13.1 Å². The van der Waals surface area contributed by atoms with Gasteiger partial charge in [0.15, 0.2) is 0 Å². The van der Waals surface area contributed by atoms with Crippen molar-refractivity contribution in [2.24, 2.45) is 0 Å². The standard InChI is InChI=1S/C20H18FN3O3/c1-27-18-8-3-2-6-15(18)12-22-20(26)17-9-10-19(25)24(23-17)13-14-5-4-7-16(21)11-14/h2-11H,12-13H2,1H3,(H,22,26). The molecule has 7 heteroatoms. The van der Waals surface area contributed by atoms with E-state index in [4.69, 9.17) is 4.74 Å². The Balaban J connectivity index is 1.74. The summed E-state index contributed by atoms with van der Waals surface area (Å²) in [7, 11) is 1.56. The molecular formula is C20H18FN3O3. The highest BCUT2D eigenvalue weighted by atomic mass is 19.1. The van der Waals surface area contributed by atoms with Crippen molar-refractivity contribution in [1.29, 1.82) is 0 Å². The highest BCUT2D eigenvalue weighted by molar-refractivity contribution is 5.91. The van der Waals surface area contributed by atoms with E-state index in [9.17, 15) is 14.0 Å². The van der Waals surface area contributed by atoms with Gasteiger partial charge in [0.25, 0.3) is 11.5 Å². The highest BCUT2D eigenvalue weighted by Crippen LogP contribution is 2.16. The van der Waals surface area contributed by atoms with Crippen LogP contribution in [0, 0.1) is 5.82 Å². The molecule has 0 fully saturated rings. The number of methoxy groups -OCH3 is 1. The first-order valence-corrected chi connectivity index (χ1v) is 8.29. The van der Waals surface area contributed by atoms with Crippen molar-refractivity contribution in [3.05, 3.63) is 93.7 Å². The zero-order chi connectivity index (χ0) is 19.2. The summed E-state index contributed by atoms with van der Waals surface area (Å²) in [5, 5.41) is 6.84. The van der Waals surface area contributed by atoms with Crippen LogP contribution in [0.3, 0.4) is 0 Å². The molecule has 2 aromatic carbocycles. The first-order valence-electron chi connectivity index (χ1n) is 8.29. The first-order chi connectivity index (χ1) is 13.1. The number of ether oxygens (including phenoxy) is 1. The van der Waals surface area contributed by atoms with Crippen molar-refractivity contribution in [3.63, 3.8) is 0 Å². The van der Waals surface area contributed by atoms with E-state index in [-0.39, 0.29) is 24.3 Å². The van der Waals surface area contributed by atoms with E-state index in [0.29, 0.717) is 11.3 Å². The third kappa shape index (κ3) is 4.58. The number of para-hydroxylation sites is 1. The normalized spacial score (nSPS) is 10.4. The number of rotatable bonds is 6. The maximum atomic E-state index is 13.3. The lowest BCUT2D eigenvalue weighted by Crippen LogP contribution is -2.29. The molecule has 1 N–H and O–H groups in total. The van der Waals surface area contributed by atoms with Gasteiger partial charge in [-0.15, -0.1) is 0 Å². The van der Waals surface area contributed by atoms with Crippen LogP contribution < -0.4 is 15.6 Å². The second kappa shape index (κ2) is 8.27. The van der Waals surface area contributed by atoms with Gasteiger partial charge in [-0.1, -0.05) is 30.3 Å². The number of hydrogen-bond donors (Lipinski definition) is 1. The van der Waals surface area contributed by atoms with Crippen molar-refractivity contribution in [2.45, 2.75) is 13.1 Å². The largest absolute Gasteiger partial charge is 0.496 e. The van der Waals surface area contributed by atoms with Gasteiger partial charge in [-0.2, -0.15) is 5.10 Å². The van der Waals surface area contributed by atoms with Gasteiger partial charge in [-0.05, 0) is 29.8 Å². The molecule has 1 aromatic heterocycles. The molecule has 0 unspecified atom stereocenters. The van der Waals surface area contributed by atoms with Gasteiger partial charge in [0.2, 0.25) is 0 Å². The molecule has 27 heavy (non-hydrogen) atoms. The number of benzene rings is 2. The number of nitrogens with zero attached hydrogens (tertiary/aromatic N) is 2. The van der Waals surface area contributed by atoms with Crippen LogP contribution in [0.1, 0.15) is 21.6 Å². The maximum absolute atomic E-state index is 13.3. The van der Waals surface area contributed by atoms with Crippen LogP contribution in [0.15, 0.2) is 65.5 Å². The average molecular weight is 367 g/mol. The molecule has 6 nitrogen and oxygen atoms in total. The molecule has 1 amide bonds. The summed E-state index contributed by atoms with van der Waals surface area (Å²) < 4.78 is 19.7. The molecule has 0 radical (unpaired) electrons. The summed E-state index contributed by atoms with van der Waals surface area (Å²) in [5.41, 5.74) is 1.12. The van der Waals surface area contributed by atoms with Crippen LogP contribution in [0.2, 0.25) is 0 Å². The summed E-state index contributed by atoms with van der Waals surface area (Å²) >= 11 is 0. The van der Waals surface area contributed by atoms with Crippen molar-refractivity contribution in [1.82, 2.24) is 15.1 Å². The molecule has 0 spiro atoms. The summed E-state index contributed by atoms with van der Waals surface area (Å²) in [6.07, 6.45) is 0. The molecule has 3 rings (SSSR count). The smallest absolute Gasteiger partial charge is 0.271 e. The fraction of sp³-hybridized carbons (Fsp3) is 0.150. The van der Waals surface area contributed by atoms with Crippen LogP contribution in [0.25, 0.3) is 0 Å². The maximum Gasteiger partial charge on any atom is 0.271 e. The minimum Gasteiger partial charge on any atom is -0.496 e. The molecule has 3 aromatic rings. The molecule has 1 heterocycles. The molecular weight excluding hydrogens is 349 g/mol. The Bertz CT molecular complexity index is 1020. The van der Waals surface area contributed by atoms with Gasteiger partial charge in [0.1, 0.15) is 17.3 Å². The SMILES string of the molecule is COc1ccccc1CNC(=O)c1ccc(=O)n(Cc2cccc(F)c2)n1. The Morgan fingerprint density at radius 3 is 2.74 bits per heavy atom. The minimum atomic E-state index is -0.422. The molecule has 0 atom stereocenters. The third-order valence-electron chi connectivity index (χ3n) is 3.95. The molecule has 0 aliphatic rings. The van der Waals surface area contributed by atoms with Gasteiger partial charge in [-0.25, -0.2) is 9.07 Å². The number of carbonyl (C=O) groups excluding carboxylic acids is 1. The highest BCUT2D eigenvalue weighted by Gasteiger charge is 2.11.